The largest absolute Gasteiger partial charge is 0.103 e. The van der Waals surface area contributed by atoms with E-state index in [1.54, 1.807) is 0 Å². The SMILES string of the molecule is C=CCCCc1c(I)cc(I)cc1I. The first-order chi connectivity index (χ1) is 6.65. The summed E-state index contributed by atoms with van der Waals surface area (Å²) in [6.45, 7) is 3.75. The molecule has 0 aliphatic heterocycles. The highest BCUT2D eigenvalue weighted by molar-refractivity contribution is 14.1. The fourth-order valence-electron chi connectivity index (χ4n) is 1.23. The molecule has 0 heterocycles. The van der Waals surface area contributed by atoms with Gasteiger partial charge in [0, 0.05) is 10.7 Å². The van der Waals surface area contributed by atoms with Crippen molar-refractivity contribution in [3.8, 4) is 0 Å². The summed E-state index contributed by atoms with van der Waals surface area (Å²) in [6.07, 6.45) is 5.47. The predicted molar refractivity (Wildman–Crippen MR) is 87.7 cm³/mol. The third kappa shape index (κ3) is 3.96. The second-order valence-corrected chi connectivity index (χ2v) is 6.60. The van der Waals surface area contributed by atoms with Crippen LogP contribution >= 0.6 is 67.8 Å². The lowest BCUT2D eigenvalue weighted by Crippen LogP contribution is -1.94. The molecule has 0 atom stereocenters. The van der Waals surface area contributed by atoms with Gasteiger partial charge in [-0.3, -0.25) is 0 Å². The van der Waals surface area contributed by atoms with Crippen LogP contribution in [0.15, 0.2) is 24.8 Å². The van der Waals surface area contributed by atoms with Gasteiger partial charge in [-0.15, -0.1) is 6.58 Å². The molecule has 1 rings (SSSR count). The van der Waals surface area contributed by atoms with Crippen LogP contribution in [0.4, 0.5) is 0 Å². The molecule has 0 N–H and O–H groups in total. The number of allylic oxidation sites excluding steroid dienone is 1. The minimum absolute atomic E-state index is 1.11. The van der Waals surface area contributed by atoms with Gasteiger partial charge < -0.3 is 0 Å². The summed E-state index contributed by atoms with van der Waals surface area (Å²) in [5.74, 6) is 0. The maximum atomic E-state index is 3.75. The molecule has 0 aliphatic rings. The molecule has 0 nitrogen and oxygen atoms in total. The van der Waals surface area contributed by atoms with Gasteiger partial charge in [-0.1, -0.05) is 6.08 Å². The molecule has 3 heteroatoms. The number of rotatable bonds is 4. The Hall–Kier alpha value is 1.15. The van der Waals surface area contributed by atoms with Gasteiger partial charge in [0.2, 0.25) is 0 Å². The van der Waals surface area contributed by atoms with Crippen molar-refractivity contribution in [2.45, 2.75) is 19.3 Å². The highest BCUT2D eigenvalue weighted by Crippen LogP contribution is 2.24. The van der Waals surface area contributed by atoms with Crippen LogP contribution < -0.4 is 0 Å². The highest BCUT2D eigenvalue weighted by atomic mass is 127. The second-order valence-electron chi connectivity index (χ2n) is 3.03. The van der Waals surface area contributed by atoms with Gasteiger partial charge in [-0.2, -0.15) is 0 Å². The van der Waals surface area contributed by atoms with Crippen molar-refractivity contribution in [1.82, 2.24) is 0 Å². The molecule has 0 saturated heterocycles. The van der Waals surface area contributed by atoms with Crippen LogP contribution in [0.1, 0.15) is 18.4 Å². The van der Waals surface area contributed by atoms with Crippen molar-refractivity contribution >= 4 is 67.8 Å². The van der Waals surface area contributed by atoms with Crippen LogP contribution in [0.5, 0.6) is 0 Å². The molecule has 0 radical (unpaired) electrons. The first kappa shape index (κ1) is 13.2. The van der Waals surface area contributed by atoms with Crippen LogP contribution in [0.2, 0.25) is 0 Å². The van der Waals surface area contributed by atoms with E-state index < -0.39 is 0 Å². The number of hydrogen-bond donors (Lipinski definition) is 0. The lowest BCUT2D eigenvalue weighted by atomic mass is 10.1. The summed E-state index contributed by atoms with van der Waals surface area (Å²) in [7, 11) is 0. The molecular formula is C11H11I3. The predicted octanol–water partition coefficient (Wildman–Crippen LogP) is 5.01. The Morgan fingerprint density at radius 1 is 1.14 bits per heavy atom. The van der Waals surface area contributed by atoms with Gasteiger partial charge >= 0.3 is 0 Å². The van der Waals surface area contributed by atoms with E-state index in [0.717, 1.165) is 6.42 Å². The second kappa shape index (κ2) is 6.67. The molecule has 0 fully saturated rings. The lowest BCUT2D eigenvalue weighted by Gasteiger charge is -2.07. The van der Waals surface area contributed by atoms with Crippen molar-refractivity contribution in [2.75, 3.05) is 0 Å². The van der Waals surface area contributed by atoms with Crippen molar-refractivity contribution < 1.29 is 0 Å². The molecular weight excluding hydrogens is 513 g/mol. The normalized spacial score (nSPS) is 10.2. The summed E-state index contributed by atoms with van der Waals surface area (Å²) < 4.78 is 4.11. The quantitative estimate of drug-likeness (QED) is 0.296. The summed E-state index contributed by atoms with van der Waals surface area (Å²) in [6, 6.07) is 4.49. The maximum absolute atomic E-state index is 3.75. The fraction of sp³-hybridized carbons (Fsp3) is 0.273. The van der Waals surface area contributed by atoms with Crippen molar-refractivity contribution in [3.05, 3.63) is 41.1 Å². The van der Waals surface area contributed by atoms with E-state index in [-0.39, 0.29) is 0 Å². The average molecular weight is 524 g/mol. The van der Waals surface area contributed by atoms with Crippen LogP contribution in [0.25, 0.3) is 0 Å². The summed E-state index contributed by atoms with van der Waals surface area (Å²) in [5.41, 5.74) is 1.49. The molecule has 0 aromatic heterocycles. The minimum atomic E-state index is 1.11. The number of unbranched alkanes of at least 4 members (excludes halogenated alkanes) is 1. The van der Waals surface area contributed by atoms with Crippen LogP contribution in [-0.4, -0.2) is 0 Å². The molecule has 0 aliphatic carbocycles. The van der Waals surface area contributed by atoms with E-state index in [1.807, 2.05) is 6.08 Å². The van der Waals surface area contributed by atoms with Gasteiger partial charge in [-0.05, 0) is 105 Å². The Bertz CT molecular complexity index is 308. The smallest absolute Gasteiger partial charge is 0.0183 e. The van der Waals surface area contributed by atoms with Crippen LogP contribution in [-0.2, 0) is 6.42 Å². The van der Waals surface area contributed by atoms with Crippen LogP contribution in [0.3, 0.4) is 0 Å². The maximum Gasteiger partial charge on any atom is 0.0183 e. The lowest BCUT2D eigenvalue weighted by molar-refractivity contribution is 0.836. The Labute approximate surface area is 126 Å². The number of halogens is 3. The summed E-state index contributed by atoms with van der Waals surface area (Å²) in [4.78, 5) is 0. The van der Waals surface area contributed by atoms with Gasteiger partial charge in [0.25, 0.3) is 0 Å². The van der Waals surface area contributed by atoms with Gasteiger partial charge in [-0.25, -0.2) is 0 Å². The van der Waals surface area contributed by atoms with Crippen molar-refractivity contribution in [1.29, 1.82) is 0 Å². The molecule has 14 heavy (non-hydrogen) atoms. The van der Waals surface area contributed by atoms with Crippen molar-refractivity contribution in [2.24, 2.45) is 0 Å². The van der Waals surface area contributed by atoms with E-state index in [9.17, 15) is 0 Å². The zero-order valence-corrected chi connectivity index (χ0v) is 14.2. The standard InChI is InChI=1S/C11H11I3/c1-2-3-4-5-9-10(13)6-8(12)7-11(9)14/h2,6-7H,1,3-5H2. The third-order valence-electron chi connectivity index (χ3n) is 1.94. The molecule has 0 bridgehead atoms. The fourth-order valence-corrected chi connectivity index (χ4v) is 5.36. The minimum Gasteiger partial charge on any atom is -0.103 e. The van der Waals surface area contributed by atoms with E-state index in [0.29, 0.717) is 0 Å². The molecule has 0 spiro atoms. The topological polar surface area (TPSA) is 0 Å². The Kier molecular flexibility index (Phi) is 6.30. The van der Waals surface area contributed by atoms with Crippen molar-refractivity contribution in [3.63, 3.8) is 0 Å². The van der Waals surface area contributed by atoms with Gasteiger partial charge in [0.1, 0.15) is 0 Å². The van der Waals surface area contributed by atoms with E-state index in [4.69, 9.17) is 0 Å². The van der Waals surface area contributed by atoms with Gasteiger partial charge in [0.15, 0.2) is 0 Å². The summed E-state index contributed by atoms with van der Waals surface area (Å²) >= 11 is 7.22. The van der Waals surface area contributed by atoms with E-state index in [1.165, 1.54) is 29.1 Å². The molecule has 1 aromatic rings. The van der Waals surface area contributed by atoms with E-state index >= 15 is 0 Å². The Morgan fingerprint density at radius 3 is 2.21 bits per heavy atom. The average Bonchev–Trinajstić information content (AvgIpc) is 2.09. The highest BCUT2D eigenvalue weighted by Gasteiger charge is 2.05. The number of benzene rings is 1. The Balaban J connectivity index is 2.80. The van der Waals surface area contributed by atoms with Crippen LogP contribution in [0, 0.1) is 10.7 Å². The molecule has 76 valence electrons. The zero-order chi connectivity index (χ0) is 10.6. The Morgan fingerprint density at radius 2 is 1.71 bits per heavy atom. The zero-order valence-electron chi connectivity index (χ0n) is 7.69. The first-order valence-electron chi connectivity index (χ1n) is 4.39. The van der Waals surface area contributed by atoms with Gasteiger partial charge in [0.05, 0.1) is 0 Å². The molecule has 0 amide bonds. The first-order valence-corrected chi connectivity index (χ1v) is 7.63. The molecule has 1 aromatic carbocycles. The molecule has 0 saturated carbocycles. The molecule has 0 unspecified atom stereocenters. The van der Waals surface area contributed by atoms with E-state index in [2.05, 4.69) is 86.5 Å². The monoisotopic (exact) mass is 524 g/mol. The number of hydrogen-bond acceptors (Lipinski definition) is 0. The third-order valence-corrected chi connectivity index (χ3v) is 4.49. The summed E-state index contributed by atoms with van der Waals surface area (Å²) in [5, 5.41) is 0.